The van der Waals surface area contributed by atoms with E-state index in [1.165, 1.54) is 0 Å². The zero-order valence-corrected chi connectivity index (χ0v) is 25.2. The average molecular weight is 582 g/mol. The molecule has 1 aliphatic rings. The molecule has 6 rings (SSSR count). The van der Waals surface area contributed by atoms with Gasteiger partial charge in [-0.25, -0.2) is 4.79 Å². The summed E-state index contributed by atoms with van der Waals surface area (Å²) in [5, 5.41) is 8.12. The van der Waals surface area contributed by atoms with E-state index in [4.69, 9.17) is 24.0 Å². The summed E-state index contributed by atoms with van der Waals surface area (Å²) in [6.45, 7) is 4.86. The van der Waals surface area contributed by atoms with Crippen molar-refractivity contribution in [2.75, 3.05) is 26.9 Å². The number of benzene rings is 3. The molecule has 0 fully saturated rings. The number of para-hydroxylation sites is 1. The van der Waals surface area contributed by atoms with Crippen LogP contribution in [0.5, 0.6) is 5.75 Å². The van der Waals surface area contributed by atoms with E-state index in [1.54, 1.807) is 7.11 Å². The lowest BCUT2D eigenvalue weighted by Gasteiger charge is -2.13. The van der Waals surface area contributed by atoms with Crippen molar-refractivity contribution in [2.24, 2.45) is 7.05 Å². The van der Waals surface area contributed by atoms with Crippen molar-refractivity contribution in [2.45, 2.75) is 52.4 Å². The molecule has 3 heterocycles. The fourth-order valence-corrected chi connectivity index (χ4v) is 6.32. The number of methoxy groups -OCH3 is 1. The van der Waals surface area contributed by atoms with Gasteiger partial charge in [-0.3, -0.25) is 4.68 Å². The van der Waals surface area contributed by atoms with Crippen LogP contribution in [0.1, 0.15) is 53.6 Å². The predicted octanol–water partition coefficient (Wildman–Crippen LogP) is 6.84. The molecule has 0 bridgehead atoms. The van der Waals surface area contributed by atoms with Crippen molar-refractivity contribution in [1.29, 1.82) is 0 Å². The van der Waals surface area contributed by atoms with Gasteiger partial charge in [0.15, 0.2) is 0 Å². The average Bonchev–Trinajstić information content (AvgIpc) is 3.49. The highest BCUT2D eigenvalue weighted by molar-refractivity contribution is 6.05. The van der Waals surface area contributed by atoms with Gasteiger partial charge in [0, 0.05) is 49.2 Å². The number of hydrogen-bond donors (Lipinski definition) is 0. The maximum atomic E-state index is 13.7. The minimum Gasteiger partial charge on any atom is -0.493 e. The van der Waals surface area contributed by atoms with Crippen molar-refractivity contribution in [1.82, 2.24) is 14.3 Å². The fraction of sp³-hybridized carbons (Fsp3) is 0.371. The van der Waals surface area contributed by atoms with Gasteiger partial charge in [-0.1, -0.05) is 54.6 Å². The van der Waals surface area contributed by atoms with Crippen LogP contribution in [0.2, 0.25) is 0 Å². The van der Waals surface area contributed by atoms with Gasteiger partial charge in [0.2, 0.25) is 0 Å². The van der Waals surface area contributed by atoms with E-state index in [2.05, 4.69) is 41.0 Å². The second-order valence-electron chi connectivity index (χ2n) is 10.9. The molecule has 0 saturated carbocycles. The molecule has 0 atom stereocenters. The number of esters is 1. The van der Waals surface area contributed by atoms with Crippen LogP contribution < -0.4 is 4.74 Å². The van der Waals surface area contributed by atoms with E-state index in [0.717, 1.165) is 74.8 Å². The highest BCUT2D eigenvalue weighted by Crippen LogP contribution is 2.39. The molecule has 0 unspecified atom stereocenters. The summed E-state index contributed by atoms with van der Waals surface area (Å²) in [6.07, 6.45) is 3.20. The number of aromatic nitrogens is 3. The van der Waals surface area contributed by atoms with Gasteiger partial charge >= 0.3 is 5.97 Å². The van der Waals surface area contributed by atoms with Crippen molar-refractivity contribution in [3.63, 3.8) is 0 Å². The summed E-state index contributed by atoms with van der Waals surface area (Å²) < 4.78 is 27.7. The van der Waals surface area contributed by atoms with Crippen LogP contribution in [-0.4, -0.2) is 47.2 Å². The monoisotopic (exact) mass is 581 g/mol. The molecule has 5 aromatic rings. The topological polar surface area (TPSA) is 76.7 Å². The molecular formula is C35H39N3O5. The van der Waals surface area contributed by atoms with Crippen LogP contribution in [0.15, 0.2) is 60.7 Å². The summed E-state index contributed by atoms with van der Waals surface area (Å²) in [7, 11) is 3.63. The highest BCUT2D eigenvalue weighted by Gasteiger charge is 2.28. The molecule has 0 radical (unpaired) electrons. The van der Waals surface area contributed by atoms with Crippen LogP contribution in [0, 0.1) is 0 Å². The molecule has 0 aliphatic carbocycles. The van der Waals surface area contributed by atoms with E-state index in [-0.39, 0.29) is 5.97 Å². The number of aryl methyl sites for hydroxylation is 3. The van der Waals surface area contributed by atoms with Crippen LogP contribution in [-0.2, 0) is 47.4 Å². The second kappa shape index (κ2) is 13.0. The highest BCUT2D eigenvalue weighted by atomic mass is 16.5. The second-order valence-corrected chi connectivity index (χ2v) is 10.9. The summed E-state index contributed by atoms with van der Waals surface area (Å²) in [5.74, 6) is 0.587. The SMILES string of the molecule is CCOC(=O)c1c(CCCOc2cccc3ccccc23)c2cccc3c2n1CCCCOCc1c-3c(COC)nn1C. The molecule has 1 aliphatic heterocycles. The predicted molar refractivity (Wildman–Crippen MR) is 167 cm³/mol. The lowest BCUT2D eigenvalue weighted by atomic mass is 9.98. The number of carbonyl (C=O) groups excluding carboxylic acids is 1. The number of nitrogens with zero attached hydrogens (tertiary/aromatic N) is 3. The Morgan fingerprint density at radius 3 is 2.70 bits per heavy atom. The Labute approximate surface area is 252 Å². The molecule has 43 heavy (non-hydrogen) atoms. The number of ether oxygens (including phenoxy) is 4. The van der Waals surface area contributed by atoms with E-state index in [1.807, 2.05) is 42.9 Å². The third-order valence-electron chi connectivity index (χ3n) is 8.18. The quantitative estimate of drug-likeness (QED) is 0.140. The van der Waals surface area contributed by atoms with Crippen LogP contribution in [0.25, 0.3) is 32.8 Å². The first-order chi connectivity index (χ1) is 21.1. The summed E-state index contributed by atoms with van der Waals surface area (Å²) in [5.41, 5.74) is 6.56. The summed E-state index contributed by atoms with van der Waals surface area (Å²) >= 11 is 0. The molecule has 0 amide bonds. The Hall–Kier alpha value is -4.14. The third-order valence-corrected chi connectivity index (χ3v) is 8.18. The number of fused-ring (bicyclic) bond motifs is 3. The summed E-state index contributed by atoms with van der Waals surface area (Å²) in [6, 6.07) is 20.7. The van der Waals surface area contributed by atoms with E-state index >= 15 is 0 Å². The first-order valence-corrected chi connectivity index (χ1v) is 15.2. The largest absolute Gasteiger partial charge is 0.493 e. The smallest absolute Gasteiger partial charge is 0.355 e. The standard InChI is InChI=1S/C35H39N3O5/c1-4-42-35(39)34-27(17-11-21-43-31-18-9-13-24-12-5-6-14-25(24)31)26-15-10-16-28-32-29(22-40-3)36-37(2)30(32)23-41-20-8-7-19-38(34)33(26)28/h5-6,9-10,12-16,18H,4,7-8,11,17,19-23H2,1-3H3. The van der Waals surface area contributed by atoms with Gasteiger partial charge in [-0.15, -0.1) is 0 Å². The maximum absolute atomic E-state index is 13.7. The molecule has 8 nitrogen and oxygen atoms in total. The Bertz CT molecular complexity index is 1750. The van der Waals surface area contributed by atoms with Crippen molar-refractivity contribution >= 4 is 27.6 Å². The Morgan fingerprint density at radius 1 is 1.02 bits per heavy atom. The van der Waals surface area contributed by atoms with Gasteiger partial charge in [0.05, 0.1) is 43.3 Å². The van der Waals surface area contributed by atoms with Gasteiger partial charge in [0.25, 0.3) is 0 Å². The lowest BCUT2D eigenvalue weighted by Crippen LogP contribution is -2.15. The maximum Gasteiger partial charge on any atom is 0.355 e. The van der Waals surface area contributed by atoms with Gasteiger partial charge in [-0.05, 0) is 49.6 Å². The molecule has 8 heteroatoms. The number of hydrogen-bond acceptors (Lipinski definition) is 6. The molecule has 224 valence electrons. The molecule has 0 saturated heterocycles. The lowest BCUT2D eigenvalue weighted by molar-refractivity contribution is 0.0512. The van der Waals surface area contributed by atoms with Crippen LogP contribution in [0.4, 0.5) is 0 Å². The van der Waals surface area contributed by atoms with E-state index in [0.29, 0.717) is 51.7 Å². The minimum absolute atomic E-state index is 0.288. The summed E-state index contributed by atoms with van der Waals surface area (Å²) in [4.78, 5) is 13.7. The van der Waals surface area contributed by atoms with Crippen molar-refractivity contribution < 1.29 is 23.7 Å². The van der Waals surface area contributed by atoms with Gasteiger partial charge < -0.3 is 23.5 Å². The normalized spacial score (nSPS) is 13.6. The third kappa shape index (κ3) is 5.65. The van der Waals surface area contributed by atoms with Crippen molar-refractivity contribution in [3.05, 3.63) is 83.3 Å². The fourth-order valence-electron chi connectivity index (χ4n) is 6.32. The first kappa shape index (κ1) is 29.0. The minimum atomic E-state index is -0.288. The zero-order valence-electron chi connectivity index (χ0n) is 25.2. The van der Waals surface area contributed by atoms with Crippen LogP contribution in [0.3, 0.4) is 0 Å². The van der Waals surface area contributed by atoms with Gasteiger partial charge in [-0.2, -0.15) is 5.10 Å². The zero-order chi connectivity index (χ0) is 29.8. The molecule has 0 N–H and O–H groups in total. The number of rotatable bonds is 9. The van der Waals surface area contributed by atoms with E-state index < -0.39 is 0 Å². The molecule has 2 aromatic heterocycles. The van der Waals surface area contributed by atoms with Gasteiger partial charge in [0.1, 0.15) is 11.4 Å². The molecule has 3 aromatic carbocycles. The molecule has 0 spiro atoms. The van der Waals surface area contributed by atoms with Crippen molar-refractivity contribution in [3.8, 4) is 16.9 Å². The van der Waals surface area contributed by atoms with Crippen LogP contribution >= 0.6 is 0 Å². The Balaban J connectivity index is 1.43. The molecular weight excluding hydrogens is 542 g/mol. The van der Waals surface area contributed by atoms with E-state index in [9.17, 15) is 4.79 Å². The first-order valence-electron chi connectivity index (χ1n) is 15.2. The Morgan fingerprint density at radius 2 is 1.84 bits per heavy atom. The Kier molecular flexibility index (Phi) is 8.77. The number of carbonyl (C=O) groups is 1.